The molecule has 1 aliphatic heterocycles. The van der Waals surface area contributed by atoms with Crippen LogP contribution in [0.3, 0.4) is 0 Å². The van der Waals surface area contributed by atoms with Crippen molar-refractivity contribution < 1.29 is 9.53 Å². The molecule has 1 aromatic rings. The number of halogens is 1. The van der Waals surface area contributed by atoms with Crippen LogP contribution < -0.4 is 0 Å². The predicted molar refractivity (Wildman–Crippen MR) is 76.8 cm³/mol. The van der Waals surface area contributed by atoms with E-state index in [4.69, 9.17) is 16.3 Å². The maximum Gasteiger partial charge on any atom is 0.176 e. The highest BCUT2D eigenvalue weighted by molar-refractivity contribution is 6.31. The van der Waals surface area contributed by atoms with Crippen LogP contribution in [-0.2, 0) is 4.74 Å². The molecule has 1 aliphatic rings. The molecule has 0 aromatic heterocycles. The number of carbonyl (C=O) groups excluding carboxylic acids is 1. The molecule has 19 heavy (non-hydrogen) atoms. The van der Waals surface area contributed by atoms with Crippen molar-refractivity contribution in [1.82, 2.24) is 4.90 Å². The maximum absolute atomic E-state index is 12.2. The average molecular weight is 282 g/mol. The number of Topliss-reactive ketones (excluding diaryl/α,β-unsaturated/α-hetero) is 1. The Bertz CT molecular complexity index is 434. The van der Waals surface area contributed by atoms with Gasteiger partial charge in [-0.25, -0.2) is 0 Å². The normalized spacial score (nSPS) is 20.4. The zero-order valence-electron chi connectivity index (χ0n) is 11.3. The Morgan fingerprint density at radius 2 is 2.37 bits per heavy atom. The van der Waals surface area contributed by atoms with Crippen molar-refractivity contribution in [2.45, 2.75) is 12.8 Å². The Kier molecular flexibility index (Phi) is 5.37. The molecule has 1 saturated heterocycles. The van der Waals surface area contributed by atoms with Gasteiger partial charge in [-0.2, -0.15) is 0 Å². The molecule has 0 spiro atoms. The van der Waals surface area contributed by atoms with Crippen LogP contribution in [0.4, 0.5) is 0 Å². The highest BCUT2D eigenvalue weighted by atomic mass is 35.5. The third-order valence-corrected chi connectivity index (χ3v) is 3.75. The summed E-state index contributed by atoms with van der Waals surface area (Å²) in [5.41, 5.74) is 0.696. The van der Waals surface area contributed by atoms with E-state index in [0.717, 1.165) is 26.1 Å². The van der Waals surface area contributed by atoms with Crippen LogP contribution in [0.2, 0.25) is 5.02 Å². The fourth-order valence-electron chi connectivity index (χ4n) is 2.62. The van der Waals surface area contributed by atoms with E-state index in [-0.39, 0.29) is 5.78 Å². The molecule has 1 fully saturated rings. The lowest BCUT2D eigenvalue weighted by Crippen LogP contribution is -2.40. The number of ether oxygens (including phenoxy) is 1. The smallest absolute Gasteiger partial charge is 0.176 e. The molecule has 0 bridgehead atoms. The van der Waals surface area contributed by atoms with Gasteiger partial charge in [-0.1, -0.05) is 23.7 Å². The van der Waals surface area contributed by atoms with Crippen LogP contribution >= 0.6 is 11.6 Å². The van der Waals surface area contributed by atoms with Crippen LogP contribution in [0.1, 0.15) is 23.2 Å². The molecular weight excluding hydrogens is 262 g/mol. The third kappa shape index (κ3) is 4.30. The van der Waals surface area contributed by atoms with Crippen molar-refractivity contribution in [3.8, 4) is 0 Å². The molecule has 0 aliphatic carbocycles. The number of rotatable bonds is 5. The van der Waals surface area contributed by atoms with Gasteiger partial charge in [0.15, 0.2) is 5.78 Å². The summed E-state index contributed by atoms with van der Waals surface area (Å²) in [6, 6.07) is 7.17. The number of nitrogens with zero attached hydrogens (tertiary/aromatic N) is 1. The van der Waals surface area contributed by atoms with E-state index in [1.165, 1.54) is 6.42 Å². The Hall–Kier alpha value is -0.900. The fourth-order valence-corrected chi connectivity index (χ4v) is 2.81. The van der Waals surface area contributed by atoms with Gasteiger partial charge in [0.05, 0.1) is 13.2 Å². The molecule has 0 saturated carbocycles. The van der Waals surface area contributed by atoms with Gasteiger partial charge in [-0.3, -0.25) is 9.69 Å². The summed E-state index contributed by atoms with van der Waals surface area (Å²) < 4.78 is 5.21. The first-order valence-electron chi connectivity index (χ1n) is 6.69. The lowest BCUT2D eigenvalue weighted by Gasteiger charge is -2.31. The molecule has 0 amide bonds. The number of ketones is 1. The largest absolute Gasteiger partial charge is 0.384 e. The van der Waals surface area contributed by atoms with Gasteiger partial charge in [-0.15, -0.1) is 0 Å². The van der Waals surface area contributed by atoms with Gasteiger partial charge in [0.25, 0.3) is 0 Å². The summed E-state index contributed by atoms with van der Waals surface area (Å²) in [7, 11) is 1.73. The Labute approximate surface area is 119 Å². The standard InChI is InChI=1S/C15H20ClNO2/c1-19-11-12-4-3-7-17(9-12)10-15(18)13-5-2-6-14(16)8-13/h2,5-6,8,12H,3-4,7,9-11H2,1H3. The number of piperidine rings is 1. The number of methoxy groups -OCH3 is 1. The van der Waals surface area contributed by atoms with Gasteiger partial charge in [0, 0.05) is 24.2 Å². The van der Waals surface area contributed by atoms with Gasteiger partial charge < -0.3 is 4.74 Å². The minimum Gasteiger partial charge on any atom is -0.384 e. The van der Waals surface area contributed by atoms with E-state index in [0.29, 0.717) is 23.0 Å². The second-order valence-electron chi connectivity index (χ2n) is 5.13. The first-order valence-corrected chi connectivity index (χ1v) is 7.07. The molecular formula is C15H20ClNO2. The summed E-state index contributed by atoms with van der Waals surface area (Å²) in [5.74, 6) is 0.687. The summed E-state index contributed by atoms with van der Waals surface area (Å²) in [6.07, 6.45) is 2.33. The number of benzene rings is 1. The predicted octanol–water partition coefficient (Wildman–Crippen LogP) is 2.88. The molecule has 3 nitrogen and oxygen atoms in total. The summed E-state index contributed by atoms with van der Waals surface area (Å²) in [4.78, 5) is 14.4. The second kappa shape index (κ2) is 7.04. The van der Waals surface area contributed by atoms with Gasteiger partial charge in [-0.05, 0) is 37.4 Å². The van der Waals surface area contributed by atoms with E-state index in [9.17, 15) is 4.79 Å². The van der Waals surface area contributed by atoms with Crippen molar-refractivity contribution in [2.75, 3.05) is 33.4 Å². The second-order valence-corrected chi connectivity index (χ2v) is 5.57. The van der Waals surface area contributed by atoms with E-state index in [2.05, 4.69) is 4.90 Å². The molecule has 1 unspecified atom stereocenters. The highest BCUT2D eigenvalue weighted by Crippen LogP contribution is 2.18. The van der Waals surface area contributed by atoms with Crippen LogP contribution in [-0.4, -0.2) is 44.0 Å². The zero-order valence-corrected chi connectivity index (χ0v) is 12.0. The molecule has 0 radical (unpaired) electrons. The third-order valence-electron chi connectivity index (χ3n) is 3.52. The first-order chi connectivity index (χ1) is 9.19. The van der Waals surface area contributed by atoms with E-state index in [1.54, 1.807) is 19.2 Å². The SMILES string of the molecule is COCC1CCCN(CC(=O)c2cccc(Cl)c2)C1. The number of likely N-dealkylation sites (tertiary alicyclic amines) is 1. The van der Waals surface area contributed by atoms with Crippen molar-refractivity contribution in [3.63, 3.8) is 0 Å². The zero-order chi connectivity index (χ0) is 13.7. The van der Waals surface area contributed by atoms with E-state index < -0.39 is 0 Å². The molecule has 0 N–H and O–H groups in total. The molecule has 104 valence electrons. The number of hydrogen-bond acceptors (Lipinski definition) is 3. The Morgan fingerprint density at radius 3 is 3.11 bits per heavy atom. The van der Waals surface area contributed by atoms with Crippen LogP contribution in [0.15, 0.2) is 24.3 Å². The minimum absolute atomic E-state index is 0.139. The van der Waals surface area contributed by atoms with Crippen LogP contribution in [0.25, 0.3) is 0 Å². The van der Waals surface area contributed by atoms with Gasteiger partial charge >= 0.3 is 0 Å². The summed E-state index contributed by atoms with van der Waals surface area (Å²) in [5, 5.41) is 0.613. The van der Waals surface area contributed by atoms with Crippen LogP contribution in [0.5, 0.6) is 0 Å². The molecule has 1 atom stereocenters. The monoisotopic (exact) mass is 281 g/mol. The fraction of sp³-hybridized carbons (Fsp3) is 0.533. The quantitative estimate of drug-likeness (QED) is 0.777. The van der Waals surface area contributed by atoms with Crippen molar-refractivity contribution >= 4 is 17.4 Å². The van der Waals surface area contributed by atoms with E-state index in [1.807, 2.05) is 12.1 Å². The van der Waals surface area contributed by atoms with Crippen molar-refractivity contribution in [1.29, 1.82) is 0 Å². The molecule has 1 heterocycles. The Morgan fingerprint density at radius 1 is 1.53 bits per heavy atom. The molecule has 4 heteroatoms. The highest BCUT2D eigenvalue weighted by Gasteiger charge is 2.21. The van der Waals surface area contributed by atoms with E-state index >= 15 is 0 Å². The topological polar surface area (TPSA) is 29.5 Å². The minimum atomic E-state index is 0.139. The maximum atomic E-state index is 12.2. The van der Waals surface area contributed by atoms with Crippen LogP contribution in [0, 0.1) is 5.92 Å². The Balaban J connectivity index is 1.91. The first kappa shape index (κ1) is 14.5. The summed E-state index contributed by atoms with van der Waals surface area (Å²) in [6.45, 7) is 3.19. The van der Waals surface area contributed by atoms with Gasteiger partial charge in [0.2, 0.25) is 0 Å². The number of carbonyl (C=O) groups is 1. The van der Waals surface area contributed by atoms with Gasteiger partial charge in [0.1, 0.15) is 0 Å². The van der Waals surface area contributed by atoms with Crippen molar-refractivity contribution in [2.24, 2.45) is 5.92 Å². The molecule has 2 rings (SSSR count). The lowest BCUT2D eigenvalue weighted by atomic mass is 9.98. The van der Waals surface area contributed by atoms with Crippen molar-refractivity contribution in [3.05, 3.63) is 34.9 Å². The molecule has 1 aromatic carbocycles. The number of hydrogen-bond donors (Lipinski definition) is 0. The lowest BCUT2D eigenvalue weighted by molar-refractivity contribution is 0.0758. The summed E-state index contributed by atoms with van der Waals surface area (Å²) >= 11 is 5.91. The average Bonchev–Trinajstić information content (AvgIpc) is 2.39.